The minimum Gasteiger partial charge on any atom is -0.466 e. The van der Waals surface area contributed by atoms with Gasteiger partial charge in [0.25, 0.3) is 11.8 Å². The van der Waals surface area contributed by atoms with Crippen LogP contribution in [0, 0.1) is 0 Å². The number of anilines is 3. The number of ether oxygens (including phenoxy) is 4. The van der Waals surface area contributed by atoms with Crippen LogP contribution in [0.4, 0.5) is 17.1 Å². The fraction of sp³-hybridized carbons (Fsp3) is 0.493. The molecule has 4 aromatic rings. The van der Waals surface area contributed by atoms with E-state index in [4.69, 9.17) is 18.9 Å². The normalized spacial score (nSPS) is 17.6. The maximum absolute atomic E-state index is 14.5. The maximum atomic E-state index is 14.5. The molecule has 0 aliphatic carbocycles. The van der Waals surface area contributed by atoms with Gasteiger partial charge in [0.1, 0.15) is 5.54 Å². The monoisotopic (exact) mass is 1370 g/mol. The number of Topliss-reactive ketones (excluding diaryl/α,β-unsaturated/α-hetero) is 2. The van der Waals surface area contributed by atoms with Crippen LogP contribution >= 0.6 is 22.6 Å². The van der Waals surface area contributed by atoms with E-state index in [1.54, 1.807) is 9.80 Å². The Morgan fingerprint density at radius 2 is 1.01 bits per heavy atom. The number of rotatable bonds is 32. The number of halogens is 1. The molecule has 8 rings (SSSR count). The third-order valence-corrected chi connectivity index (χ3v) is 19.1. The van der Waals surface area contributed by atoms with Crippen LogP contribution in [0.1, 0.15) is 111 Å². The van der Waals surface area contributed by atoms with E-state index >= 15 is 0 Å². The molecule has 2 amide bonds. The van der Waals surface area contributed by atoms with Crippen LogP contribution in [-0.2, 0) is 51.0 Å². The van der Waals surface area contributed by atoms with Crippen LogP contribution in [0.15, 0.2) is 116 Å². The van der Waals surface area contributed by atoms with Crippen molar-refractivity contribution in [3.63, 3.8) is 0 Å². The Labute approximate surface area is 555 Å². The molecular formula is C71H91IN8O12. The molecule has 0 bridgehead atoms. The van der Waals surface area contributed by atoms with Crippen LogP contribution in [0.5, 0.6) is 0 Å². The molecule has 3 saturated heterocycles. The summed E-state index contributed by atoms with van der Waals surface area (Å²) in [6, 6.07) is 29.2. The number of benzene rings is 4. The number of hydrogen-bond acceptors (Lipinski definition) is 18. The van der Waals surface area contributed by atoms with Gasteiger partial charge in [-0.2, -0.15) is 0 Å². The summed E-state index contributed by atoms with van der Waals surface area (Å²) in [7, 11) is 5.89. The van der Waals surface area contributed by atoms with Crippen molar-refractivity contribution in [1.29, 1.82) is 0 Å². The Morgan fingerprint density at radius 1 is 0.576 bits per heavy atom. The number of carbonyl (C=O) groups is 8. The fourth-order valence-corrected chi connectivity index (χ4v) is 13.6. The van der Waals surface area contributed by atoms with Gasteiger partial charge in [0.15, 0.2) is 11.6 Å². The van der Waals surface area contributed by atoms with Crippen LogP contribution in [0.3, 0.4) is 0 Å². The number of esters is 4. The molecule has 4 aromatic carbocycles. The zero-order chi connectivity index (χ0) is 65.8. The molecule has 0 aromatic heterocycles. The molecule has 2 unspecified atom stereocenters. The summed E-state index contributed by atoms with van der Waals surface area (Å²) in [5.41, 5.74) is 5.72. The van der Waals surface area contributed by atoms with Gasteiger partial charge in [-0.15, -0.1) is 0 Å². The van der Waals surface area contributed by atoms with Gasteiger partial charge in [0.05, 0.1) is 50.5 Å². The fourth-order valence-electron chi connectivity index (χ4n) is 12.7. The van der Waals surface area contributed by atoms with Crippen LogP contribution in [0.25, 0.3) is 0 Å². The van der Waals surface area contributed by atoms with E-state index in [-0.39, 0.29) is 55.1 Å². The first-order valence-electron chi connectivity index (χ1n) is 32.3. The Bertz CT molecular complexity index is 3210. The summed E-state index contributed by atoms with van der Waals surface area (Å²) in [6.07, 6.45) is 7.47. The molecule has 2 atom stereocenters. The SMILES string of the molecule is C=CC(=O)OCCCCOC(=O)CCN1CCN(c2ccc(C(=O)C(CC)(Cc3ccc(C(=O)N4CCN(C(=O)c5ccc(CC6(CCI)C(=O)c7ccc(N8CCN(CCC(=O)OCCCCOC(=O)C=C)CC8)cc7N6C)cc5)CC4)cc3)N(C)C)cc2)CC1. The smallest absolute Gasteiger partial charge is 0.330 e. The largest absolute Gasteiger partial charge is 0.466 e. The molecule has 494 valence electrons. The lowest BCUT2D eigenvalue weighted by atomic mass is 9.80. The van der Waals surface area contributed by atoms with Gasteiger partial charge < -0.3 is 43.4 Å². The Hall–Kier alpha value is -7.47. The van der Waals surface area contributed by atoms with E-state index in [2.05, 4.69) is 66.3 Å². The molecule has 92 heavy (non-hydrogen) atoms. The molecular weight excluding hydrogens is 1280 g/mol. The number of nitrogens with zero attached hydrogens (tertiary/aromatic N) is 8. The molecule has 0 spiro atoms. The number of piperazine rings is 3. The quantitative estimate of drug-likeness (QED) is 0.00866. The Balaban J connectivity index is 0.768. The van der Waals surface area contributed by atoms with Crippen LogP contribution in [0.2, 0.25) is 0 Å². The van der Waals surface area contributed by atoms with Gasteiger partial charge in [0.2, 0.25) is 0 Å². The van der Waals surface area contributed by atoms with Crippen molar-refractivity contribution in [2.45, 2.75) is 82.2 Å². The highest BCUT2D eigenvalue weighted by atomic mass is 127. The number of carbonyl (C=O) groups excluding carboxylic acids is 8. The average Bonchev–Trinajstić information content (AvgIpc) is 1.58. The second-order valence-electron chi connectivity index (χ2n) is 24.3. The zero-order valence-corrected chi connectivity index (χ0v) is 56.2. The summed E-state index contributed by atoms with van der Waals surface area (Å²) in [5.74, 6) is -1.49. The Kier molecular flexibility index (Phi) is 25.9. The number of unbranched alkanes of at least 4 members (excludes halogenated alkanes) is 2. The van der Waals surface area contributed by atoms with Crippen molar-refractivity contribution in [3.05, 3.63) is 150 Å². The third kappa shape index (κ3) is 18.0. The molecule has 0 saturated carbocycles. The zero-order valence-electron chi connectivity index (χ0n) is 54.1. The van der Waals surface area contributed by atoms with E-state index < -0.39 is 23.0 Å². The summed E-state index contributed by atoms with van der Waals surface area (Å²) in [6.45, 7) is 19.0. The van der Waals surface area contributed by atoms with Crippen molar-refractivity contribution < 1.29 is 57.3 Å². The first kappa shape index (κ1) is 70.4. The standard InChI is InChI=1S/C71H91IN8O12/c1-7-62(81)89-46-10-12-48-91-64(83)28-32-75-34-38-77(39-35-75)58-24-22-55(23-25-58)66(85)70(9-3,73(4)5)51-53-14-18-56(19-15-53)68(87)79-42-44-80(45-43-79)69(88)57-20-16-54(17-21-57)52-71(30-31-72)67(86)60-27-26-59(50-61(60)74(71)6)78-40-36-76(37-41-78)33-29-65(84)92-49-13-11-47-90-63(82)8-2/h7-8,14-27,50H,1-2,9-13,28-49,51-52H2,3-6H3. The van der Waals surface area contributed by atoms with E-state index in [1.807, 2.05) is 118 Å². The lowest BCUT2D eigenvalue weighted by Gasteiger charge is -2.38. The molecule has 20 nitrogen and oxygen atoms in total. The lowest BCUT2D eigenvalue weighted by molar-refractivity contribution is -0.145. The number of amides is 2. The molecule has 4 aliphatic heterocycles. The number of fused-ring (bicyclic) bond motifs is 1. The van der Waals surface area contributed by atoms with Crippen molar-refractivity contribution in [2.24, 2.45) is 0 Å². The van der Waals surface area contributed by atoms with E-state index in [0.717, 1.165) is 97.1 Å². The number of ketones is 2. The minimum absolute atomic E-state index is 0.0275. The van der Waals surface area contributed by atoms with E-state index in [9.17, 15) is 38.4 Å². The lowest BCUT2D eigenvalue weighted by Crippen LogP contribution is -2.52. The third-order valence-electron chi connectivity index (χ3n) is 18.6. The minimum atomic E-state index is -0.830. The Morgan fingerprint density at radius 3 is 1.46 bits per heavy atom. The molecule has 21 heteroatoms. The molecule has 4 heterocycles. The maximum Gasteiger partial charge on any atom is 0.330 e. The second-order valence-corrected chi connectivity index (χ2v) is 25.4. The van der Waals surface area contributed by atoms with Gasteiger partial charge >= 0.3 is 23.9 Å². The van der Waals surface area contributed by atoms with Crippen molar-refractivity contribution in [3.8, 4) is 0 Å². The first-order chi connectivity index (χ1) is 44.4. The van der Waals surface area contributed by atoms with E-state index in [0.29, 0.717) is 132 Å². The van der Waals surface area contributed by atoms with Crippen molar-refractivity contribution in [1.82, 2.24) is 24.5 Å². The molecule has 4 aliphatic rings. The highest BCUT2D eigenvalue weighted by Crippen LogP contribution is 2.44. The van der Waals surface area contributed by atoms with Gasteiger partial charge in [-0.25, -0.2) is 9.59 Å². The van der Waals surface area contributed by atoms with Gasteiger partial charge in [0, 0.05) is 155 Å². The highest BCUT2D eigenvalue weighted by Gasteiger charge is 2.49. The molecule has 3 fully saturated rings. The van der Waals surface area contributed by atoms with Crippen LogP contribution in [-0.4, -0.2) is 226 Å². The topological polar surface area (TPSA) is 199 Å². The number of hydrogen-bond donors (Lipinski definition) is 0. The summed E-state index contributed by atoms with van der Waals surface area (Å²) in [5, 5.41) is 0. The summed E-state index contributed by atoms with van der Waals surface area (Å²) >= 11 is 2.35. The number of likely N-dealkylation sites (N-methyl/N-ethyl adjacent to an activating group) is 2. The van der Waals surface area contributed by atoms with Crippen molar-refractivity contribution in [2.75, 3.05) is 158 Å². The summed E-state index contributed by atoms with van der Waals surface area (Å²) in [4.78, 5) is 121. The predicted octanol–water partition coefficient (Wildman–Crippen LogP) is 7.99. The highest BCUT2D eigenvalue weighted by molar-refractivity contribution is 14.1. The number of alkyl halides is 1. The summed E-state index contributed by atoms with van der Waals surface area (Å²) < 4.78 is 21.4. The van der Waals surface area contributed by atoms with Gasteiger partial charge in [-0.05, 0) is 137 Å². The van der Waals surface area contributed by atoms with Gasteiger partial charge in [-0.3, -0.25) is 43.5 Å². The van der Waals surface area contributed by atoms with E-state index in [1.165, 1.54) is 0 Å². The average molecular weight is 1380 g/mol. The van der Waals surface area contributed by atoms with Crippen molar-refractivity contribution >= 4 is 86.9 Å². The second kappa shape index (κ2) is 33.9. The molecule has 0 N–H and O–H groups in total. The first-order valence-corrected chi connectivity index (χ1v) is 33.9. The van der Waals surface area contributed by atoms with Gasteiger partial charge in [-0.1, -0.05) is 66.9 Å². The molecule has 0 radical (unpaired) electrons. The predicted molar refractivity (Wildman–Crippen MR) is 364 cm³/mol. The van der Waals surface area contributed by atoms with Crippen LogP contribution < -0.4 is 14.7 Å².